The molecule has 2 fully saturated rings. The summed E-state index contributed by atoms with van der Waals surface area (Å²) in [5.74, 6) is 1.22. The van der Waals surface area contributed by atoms with Crippen LogP contribution in [0, 0.1) is 11.3 Å². The maximum absolute atomic E-state index is 12.8. The van der Waals surface area contributed by atoms with Gasteiger partial charge in [-0.3, -0.25) is 4.79 Å². The number of hydrogen-bond acceptors (Lipinski definition) is 3. The first-order chi connectivity index (χ1) is 9.99. The van der Waals surface area contributed by atoms with E-state index in [2.05, 4.69) is 26.0 Å². The molecule has 1 spiro atoms. The number of esters is 1. The molecule has 3 nitrogen and oxygen atoms in total. The Morgan fingerprint density at radius 3 is 2.86 bits per heavy atom. The first kappa shape index (κ1) is 13.2. The van der Waals surface area contributed by atoms with Crippen LogP contribution in [-0.2, 0) is 14.9 Å². The van der Waals surface area contributed by atoms with E-state index < -0.39 is 5.41 Å². The number of ether oxygens (including phenoxy) is 2. The number of carbonyl (C=O) groups excluding carboxylic acids is 1. The van der Waals surface area contributed by atoms with E-state index in [4.69, 9.17) is 9.47 Å². The second kappa shape index (κ2) is 4.02. The van der Waals surface area contributed by atoms with E-state index in [0.717, 1.165) is 25.0 Å². The van der Waals surface area contributed by atoms with Crippen molar-refractivity contribution in [3.05, 3.63) is 29.3 Å². The van der Waals surface area contributed by atoms with Gasteiger partial charge in [0.2, 0.25) is 0 Å². The van der Waals surface area contributed by atoms with Gasteiger partial charge in [-0.05, 0) is 53.9 Å². The third-order valence-electron chi connectivity index (χ3n) is 6.08. The second-order valence-corrected chi connectivity index (χ2v) is 7.45. The van der Waals surface area contributed by atoms with E-state index in [9.17, 15) is 4.79 Å². The predicted octanol–water partition coefficient (Wildman–Crippen LogP) is 3.76. The molecule has 4 aliphatic rings. The van der Waals surface area contributed by atoms with Crippen LogP contribution in [-0.4, -0.2) is 13.1 Å². The Morgan fingerprint density at radius 1 is 1.29 bits per heavy atom. The average molecular weight is 286 g/mol. The molecule has 3 heteroatoms. The molecule has 2 bridgehead atoms. The molecule has 0 aromatic heterocycles. The lowest BCUT2D eigenvalue weighted by molar-refractivity contribution is -0.185. The molecule has 0 radical (unpaired) electrons. The summed E-state index contributed by atoms with van der Waals surface area (Å²) in [5.41, 5.74) is 2.12. The van der Waals surface area contributed by atoms with Gasteiger partial charge in [0.15, 0.2) is 0 Å². The molecule has 1 aromatic rings. The molecular weight excluding hydrogens is 264 g/mol. The van der Waals surface area contributed by atoms with Crippen molar-refractivity contribution in [2.45, 2.75) is 51.0 Å². The van der Waals surface area contributed by atoms with E-state index >= 15 is 0 Å². The molecule has 0 N–H and O–H groups in total. The molecule has 1 saturated heterocycles. The lowest BCUT2D eigenvalue weighted by Gasteiger charge is -2.58. The first-order valence-corrected chi connectivity index (χ1v) is 7.88. The lowest BCUT2D eigenvalue weighted by atomic mass is 9.48. The van der Waals surface area contributed by atoms with Crippen molar-refractivity contribution < 1.29 is 14.3 Å². The van der Waals surface area contributed by atoms with Gasteiger partial charge in [-0.15, -0.1) is 0 Å². The summed E-state index contributed by atoms with van der Waals surface area (Å²) < 4.78 is 11.2. The van der Waals surface area contributed by atoms with Crippen LogP contribution in [0.3, 0.4) is 0 Å². The van der Waals surface area contributed by atoms with Gasteiger partial charge >= 0.3 is 5.97 Å². The summed E-state index contributed by atoms with van der Waals surface area (Å²) in [6, 6.07) is 6.15. The highest BCUT2D eigenvalue weighted by atomic mass is 16.5. The fourth-order valence-electron chi connectivity index (χ4n) is 5.05. The first-order valence-electron chi connectivity index (χ1n) is 7.88. The van der Waals surface area contributed by atoms with Gasteiger partial charge in [0.1, 0.15) is 11.9 Å². The van der Waals surface area contributed by atoms with Crippen LogP contribution >= 0.6 is 0 Å². The van der Waals surface area contributed by atoms with E-state index in [1.807, 2.05) is 6.07 Å². The van der Waals surface area contributed by atoms with Gasteiger partial charge in [0.05, 0.1) is 12.5 Å². The van der Waals surface area contributed by atoms with Gasteiger partial charge in [-0.1, -0.05) is 26.3 Å². The third-order valence-corrected chi connectivity index (χ3v) is 6.08. The third kappa shape index (κ3) is 1.52. The van der Waals surface area contributed by atoms with E-state index in [1.165, 1.54) is 17.5 Å². The smallest absolute Gasteiger partial charge is 0.317 e. The minimum Gasteiger partial charge on any atom is -0.497 e. The van der Waals surface area contributed by atoms with Crippen LogP contribution in [0.15, 0.2) is 18.2 Å². The summed E-state index contributed by atoms with van der Waals surface area (Å²) in [5, 5.41) is 0. The maximum Gasteiger partial charge on any atom is 0.317 e. The summed E-state index contributed by atoms with van der Waals surface area (Å²) >= 11 is 0. The zero-order chi connectivity index (χ0) is 14.8. The van der Waals surface area contributed by atoms with E-state index in [0.29, 0.717) is 5.92 Å². The molecule has 0 amide bonds. The Kier molecular flexibility index (Phi) is 2.52. The number of hydrogen-bond donors (Lipinski definition) is 0. The predicted molar refractivity (Wildman–Crippen MR) is 79.2 cm³/mol. The molecule has 2 aliphatic carbocycles. The Balaban J connectivity index is 1.96. The van der Waals surface area contributed by atoms with Gasteiger partial charge in [0, 0.05) is 0 Å². The van der Waals surface area contributed by atoms with Crippen LogP contribution in [0.25, 0.3) is 0 Å². The standard InChI is InChI=1S/C18H22O3/c1-17(2)7-4-8-18-13-9-11(20-3)5-6-12(13)14(10-15(17)18)21-16(18)19/h5-6,9,14-15H,4,7-8,10H2,1-3H3/t14-,15-,18-/m1/s1. The van der Waals surface area contributed by atoms with Gasteiger partial charge in [-0.25, -0.2) is 0 Å². The van der Waals surface area contributed by atoms with Crippen molar-refractivity contribution in [2.75, 3.05) is 7.11 Å². The van der Waals surface area contributed by atoms with Crippen molar-refractivity contribution in [1.29, 1.82) is 0 Å². The highest BCUT2D eigenvalue weighted by Gasteiger charge is 2.63. The molecule has 2 heterocycles. The number of carbonyl (C=O) groups is 1. The van der Waals surface area contributed by atoms with E-state index in [-0.39, 0.29) is 17.5 Å². The molecule has 1 aromatic carbocycles. The van der Waals surface area contributed by atoms with Crippen LogP contribution in [0.2, 0.25) is 0 Å². The van der Waals surface area contributed by atoms with Crippen LogP contribution in [0.4, 0.5) is 0 Å². The Morgan fingerprint density at radius 2 is 2.10 bits per heavy atom. The highest BCUT2D eigenvalue weighted by molar-refractivity contribution is 5.88. The quantitative estimate of drug-likeness (QED) is 0.737. The summed E-state index contributed by atoms with van der Waals surface area (Å²) in [4.78, 5) is 12.8. The Labute approximate surface area is 125 Å². The average Bonchev–Trinajstić information content (AvgIpc) is 2.47. The lowest BCUT2D eigenvalue weighted by Crippen LogP contribution is -2.59. The molecule has 1 saturated carbocycles. The molecule has 3 atom stereocenters. The second-order valence-electron chi connectivity index (χ2n) is 7.45. The number of rotatable bonds is 1. The minimum atomic E-state index is -0.444. The van der Waals surface area contributed by atoms with Crippen molar-refractivity contribution >= 4 is 5.97 Å². The summed E-state index contributed by atoms with van der Waals surface area (Å²) in [6.07, 6.45) is 4.09. The van der Waals surface area contributed by atoms with Crippen molar-refractivity contribution in [3.63, 3.8) is 0 Å². The number of benzene rings is 1. The highest BCUT2D eigenvalue weighted by Crippen LogP contribution is 2.63. The Hall–Kier alpha value is -1.51. The minimum absolute atomic E-state index is 0.00252. The maximum atomic E-state index is 12.8. The monoisotopic (exact) mass is 286 g/mol. The molecule has 5 rings (SSSR count). The fourth-order valence-corrected chi connectivity index (χ4v) is 5.05. The van der Waals surface area contributed by atoms with Gasteiger partial charge in [-0.2, -0.15) is 0 Å². The van der Waals surface area contributed by atoms with Crippen LogP contribution < -0.4 is 4.74 Å². The molecule has 112 valence electrons. The van der Waals surface area contributed by atoms with E-state index in [1.54, 1.807) is 7.11 Å². The topological polar surface area (TPSA) is 35.5 Å². The zero-order valence-corrected chi connectivity index (χ0v) is 12.9. The largest absolute Gasteiger partial charge is 0.497 e. The SMILES string of the molecule is COc1ccc2c(c1)[C@]13CCCC(C)(C)[C@H]1C[C@H]2OC3=O. The number of fused-ring (bicyclic) bond motifs is 1. The zero-order valence-electron chi connectivity index (χ0n) is 12.9. The van der Waals surface area contributed by atoms with Crippen LogP contribution in [0.1, 0.15) is 56.8 Å². The Bertz CT molecular complexity index is 619. The molecular formula is C18H22O3. The van der Waals surface area contributed by atoms with Gasteiger partial charge in [0.25, 0.3) is 0 Å². The normalized spacial score (nSPS) is 35.7. The van der Waals surface area contributed by atoms with Crippen molar-refractivity contribution in [3.8, 4) is 5.75 Å². The molecule has 2 aliphatic heterocycles. The molecule has 0 unspecified atom stereocenters. The molecule has 21 heavy (non-hydrogen) atoms. The fraction of sp³-hybridized carbons (Fsp3) is 0.611. The number of methoxy groups -OCH3 is 1. The summed E-state index contributed by atoms with van der Waals surface area (Å²) in [7, 11) is 1.68. The van der Waals surface area contributed by atoms with Gasteiger partial charge < -0.3 is 9.47 Å². The van der Waals surface area contributed by atoms with Crippen molar-refractivity contribution in [1.82, 2.24) is 0 Å². The van der Waals surface area contributed by atoms with Crippen LogP contribution in [0.5, 0.6) is 5.75 Å². The summed E-state index contributed by atoms with van der Waals surface area (Å²) in [6.45, 7) is 4.62. The van der Waals surface area contributed by atoms with Crippen molar-refractivity contribution in [2.24, 2.45) is 11.3 Å².